The van der Waals surface area contributed by atoms with Crippen LogP contribution in [0.5, 0.6) is 0 Å². The number of fused-ring (bicyclic) bond motifs is 14. The van der Waals surface area contributed by atoms with Crippen molar-refractivity contribution in [3.63, 3.8) is 0 Å². The van der Waals surface area contributed by atoms with Gasteiger partial charge < -0.3 is 18.1 Å². The van der Waals surface area contributed by atoms with Gasteiger partial charge in [0.15, 0.2) is 0 Å². The van der Waals surface area contributed by atoms with Gasteiger partial charge in [0.1, 0.15) is 5.58 Å². The van der Waals surface area contributed by atoms with E-state index in [4.69, 9.17) is 4.42 Å². The highest BCUT2D eigenvalue weighted by atomic mass is 16.3. The molecule has 5 nitrogen and oxygen atoms in total. The lowest BCUT2D eigenvalue weighted by atomic mass is 9.99. The van der Waals surface area contributed by atoms with E-state index >= 15 is 0 Å². The van der Waals surface area contributed by atoms with E-state index in [1.807, 2.05) is 6.07 Å². The minimum Gasteiger partial charge on any atom is -0.439 e. The minimum atomic E-state index is 0.859. The molecule has 0 saturated carbocycles. The maximum absolute atomic E-state index is 6.67. The van der Waals surface area contributed by atoms with Crippen LogP contribution in [0, 0.1) is 0 Å². The lowest BCUT2D eigenvalue weighted by Crippen LogP contribution is -1.96. The lowest BCUT2D eigenvalue weighted by molar-refractivity contribution is 0.645. The largest absolute Gasteiger partial charge is 0.439 e. The first kappa shape index (κ1) is 36.3. The third-order valence-electron chi connectivity index (χ3n) is 14.2. The van der Waals surface area contributed by atoms with Gasteiger partial charge in [0.05, 0.1) is 44.0 Å². The summed E-state index contributed by atoms with van der Waals surface area (Å²) in [5, 5.41) is 10.8. The number of benzene rings is 10. The first-order chi connectivity index (χ1) is 33.3. The zero-order chi connectivity index (χ0) is 43.7. The molecule has 67 heavy (non-hydrogen) atoms. The van der Waals surface area contributed by atoms with Crippen LogP contribution in [0.3, 0.4) is 0 Å². The first-order valence-corrected chi connectivity index (χ1v) is 22.9. The summed E-state index contributed by atoms with van der Waals surface area (Å²) in [6.07, 6.45) is 0. The highest BCUT2D eigenvalue weighted by Crippen LogP contribution is 2.44. The standard InChI is InChI=1S/C62H38N4O/c1-2-15-40(16-3-1)66-58-27-14-22-44(60(58)61-49-21-8-13-28-59(49)67-62(61)66)39-29-31-41(32-30-39)63-56-35-33-42(64-52-23-9-4-17-45(52)46-18-5-10-24-53(46)64)37-50(56)51-38-43(34-36-57(51)63)65-54-25-11-6-19-47(54)48-20-7-12-26-55(48)65/h1-38H. The molecule has 10 aromatic carbocycles. The molecule has 0 radical (unpaired) electrons. The molecule has 5 heteroatoms. The van der Waals surface area contributed by atoms with Gasteiger partial charge in [-0.2, -0.15) is 0 Å². The second-order valence-electron chi connectivity index (χ2n) is 17.7. The predicted octanol–water partition coefficient (Wildman–Crippen LogP) is 16.5. The SMILES string of the molecule is c1ccc(-n2c3cccc(-c4ccc(-n5c6ccc(-n7c8ccccc8c8ccccc87)cc6c6cc(-n7c8ccccc8c8ccccc87)ccc65)cc4)c3c3c4ccccc4oc32)cc1. The predicted molar refractivity (Wildman–Crippen MR) is 279 cm³/mol. The van der Waals surface area contributed by atoms with Crippen LogP contribution in [-0.2, 0) is 0 Å². The van der Waals surface area contributed by atoms with Crippen LogP contribution in [0.25, 0.3) is 132 Å². The van der Waals surface area contributed by atoms with Crippen molar-refractivity contribution in [2.75, 3.05) is 0 Å². The Morgan fingerprint density at radius 1 is 0.254 bits per heavy atom. The summed E-state index contributed by atoms with van der Waals surface area (Å²) in [5.74, 6) is 0. The topological polar surface area (TPSA) is 32.9 Å². The van der Waals surface area contributed by atoms with Gasteiger partial charge in [0.2, 0.25) is 5.71 Å². The molecule has 0 amide bonds. The molecule has 15 rings (SSSR count). The molecule has 312 valence electrons. The number of hydrogen-bond acceptors (Lipinski definition) is 1. The van der Waals surface area contributed by atoms with Crippen molar-refractivity contribution in [2.24, 2.45) is 0 Å². The maximum Gasteiger partial charge on any atom is 0.213 e. The molecule has 0 unspecified atom stereocenters. The average Bonchev–Trinajstić information content (AvgIpc) is 4.19. The molecule has 0 aliphatic heterocycles. The highest BCUT2D eigenvalue weighted by Gasteiger charge is 2.23. The Kier molecular flexibility index (Phi) is 7.44. The summed E-state index contributed by atoms with van der Waals surface area (Å²) in [7, 11) is 0. The van der Waals surface area contributed by atoms with Crippen LogP contribution in [0.15, 0.2) is 235 Å². The Labute approximate surface area is 383 Å². The van der Waals surface area contributed by atoms with E-state index in [0.29, 0.717) is 0 Å². The zero-order valence-electron chi connectivity index (χ0n) is 36.1. The molecule has 0 aliphatic carbocycles. The maximum atomic E-state index is 6.67. The van der Waals surface area contributed by atoms with Crippen molar-refractivity contribution in [1.29, 1.82) is 0 Å². The normalized spacial score (nSPS) is 12.2. The summed E-state index contributed by atoms with van der Waals surface area (Å²) in [4.78, 5) is 0. The van der Waals surface area contributed by atoms with Crippen molar-refractivity contribution in [3.05, 3.63) is 231 Å². The van der Waals surface area contributed by atoms with Crippen molar-refractivity contribution >= 4 is 98.4 Å². The van der Waals surface area contributed by atoms with Crippen LogP contribution < -0.4 is 0 Å². The highest BCUT2D eigenvalue weighted by molar-refractivity contribution is 6.24. The van der Waals surface area contributed by atoms with E-state index in [9.17, 15) is 0 Å². The summed E-state index contributed by atoms with van der Waals surface area (Å²) >= 11 is 0. The van der Waals surface area contributed by atoms with Crippen LogP contribution in [0.4, 0.5) is 0 Å². The third kappa shape index (κ3) is 5.08. The molecule has 5 aromatic heterocycles. The van der Waals surface area contributed by atoms with Crippen molar-refractivity contribution < 1.29 is 4.42 Å². The molecule has 0 fully saturated rings. The zero-order valence-corrected chi connectivity index (χ0v) is 36.1. The van der Waals surface area contributed by atoms with Gasteiger partial charge in [-0.3, -0.25) is 4.57 Å². The van der Waals surface area contributed by atoms with Crippen molar-refractivity contribution in [3.8, 4) is 33.9 Å². The molecule has 0 bridgehead atoms. The van der Waals surface area contributed by atoms with Crippen LogP contribution in [0.2, 0.25) is 0 Å². The molecule has 5 heterocycles. The van der Waals surface area contributed by atoms with Gasteiger partial charge in [0.25, 0.3) is 0 Å². The molecule has 15 aromatic rings. The van der Waals surface area contributed by atoms with E-state index in [0.717, 1.165) is 66.9 Å². The summed E-state index contributed by atoms with van der Waals surface area (Å²) in [6, 6.07) is 83.7. The summed E-state index contributed by atoms with van der Waals surface area (Å²) in [6.45, 7) is 0. The van der Waals surface area contributed by atoms with Gasteiger partial charge in [-0.05, 0) is 108 Å². The van der Waals surface area contributed by atoms with Crippen molar-refractivity contribution in [2.45, 2.75) is 0 Å². The Morgan fingerprint density at radius 2 is 0.672 bits per heavy atom. The Morgan fingerprint density at radius 3 is 1.22 bits per heavy atom. The van der Waals surface area contributed by atoms with E-state index in [1.54, 1.807) is 0 Å². The molecular formula is C62H38N4O. The van der Waals surface area contributed by atoms with Crippen LogP contribution in [0.1, 0.15) is 0 Å². The second-order valence-corrected chi connectivity index (χ2v) is 17.7. The average molecular weight is 855 g/mol. The first-order valence-electron chi connectivity index (χ1n) is 22.9. The molecular weight excluding hydrogens is 817 g/mol. The fourth-order valence-corrected chi connectivity index (χ4v) is 11.4. The quantitative estimate of drug-likeness (QED) is 0.170. The second kappa shape index (κ2) is 13.7. The Balaban J connectivity index is 0.957. The van der Waals surface area contributed by atoms with Gasteiger partial charge in [-0.1, -0.05) is 133 Å². The number of nitrogens with zero attached hydrogens (tertiary/aromatic N) is 4. The molecule has 0 aliphatic rings. The number of para-hydroxylation sites is 6. The fraction of sp³-hybridized carbons (Fsp3) is 0. The van der Waals surface area contributed by atoms with E-state index in [2.05, 4.69) is 243 Å². The lowest BCUT2D eigenvalue weighted by Gasteiger charge is -2.12. The molecule has 0 atom stereocenters. The van der Waals surface area contributed by atoms with Crippen molar-refractivity contribution in [1.82, 2.24) is 18.3 Å². The molecule has 0 saturated heterocycles. The van der Waals surface area contributed by atoms with E-state index in [-0.39, 0.29) is 0 Å². The monoisotopic (exact) mass is 854 g/mol. The molecule has 0 N–H and O–H groups in total. The van der Waals surface area contributed by atoms with Gasteiger partial charge in [-0.15, -0.1) is 0 Å². The van der Waals surface area contributed by atoms with Crippen LogP contribution in [-0.4, -0.2) is 18.3 Å². The number of furan rings is 1. The number of hydrogen-bond donors (Lipinski definition) is 0. The summed E-state index contributed by atoms with van der Waals surface area (Å²) in [5.41, 5.74) is 16.7. The van der Waals surface area contributed by atoms with E-state index in [1.165, 1.54) is 65.3 Å². The van der Waals surface area contributed by atoms with Gasteiger partial charge in [-0.25, -0.2) is 0 Å². The molecule has 0 spiro atoms. The van der Waals surface area contributed by atoms with Crippen LogP contribution >= 0.6 is 0 Å². The Hall–Kier alpha value is -9.06. The Bertz CT molecular complexity index is 4220. The van der Waals surface area contributed by atoms with E-state index < -0.39 is 0 Å². The third-order valence-corrected chi connectivity index (χ3v) is 14.2. The smallest absolute Gasteiger partial charge is 0.213 e. The fourth-order valence-electron chi connectivity index (χ4n) is 11.4. The number of rotatable bonds is 5. The van der Waals surface area contributed by atoms with Gasteiger partial charge >= 0.3 is 0 Å². The number of aromatic nitrogens is 4. The summed E-state index contributed by atoms with van der Waals surface area (Å²) < 4.78 is 16.2. The van der Waals surface area contributed by atoms with Gasteiger partial charge in [0, 0.05) is 65.8 Å². The minimum absolute atomic E-state index is 0.859.